The Morgan fingerprint density at radius 3 is 2.64 bits per heavy atom. The zero-order valence-electron chi connectivity index (χ0n) is 6.84. The third kappa shape index (κ3) is 2.50. The number of hydrogen-bond acceptors (Lipinski definition) is 2. The van der Waals surface area contributed by atoms with Gasteiger partial charge < -0.3 is 10.8 Å². The van der Waals surface area contributed by atoms with Crippen LogP contribution in [0.2, 0.25) is 0 Å². The van der Waals surface area contributed by atoms with Crippen LogP contribution in [0.1, 0.15) is 32.6 Å². The molecule has 1 aliphatic rings. The number of rotatable bonds is 4. The lowest BCUT2D eigenvalue weighted by molar-refractivity contribution is -0.137. The molecule has 64 valence electrons. The van der Waals surface area contributed by atoms with E-state index in [1.54, 1.807) is 0 Å². The van der Waals surface area contributed by atoms with Crippen LogP contribution in [0.15, 0.2) is 0 Å². The summed E-state index contributed by atoms with van der Waals surface area (Å²) in [6.07, 6.45) is 3.15. The summed E-state index contributed by atoms with van der Waals surface area (Å²) < 4.78 is 0. The minimum Gasteiger partial charge on any atom is -0.481 e. The molecule has 0 aliphatic heterocycles. The highest BCUT2D eigenvalue weighted by Crippen LogP contribution is 2.40. The molecule has 0 spiro atoms. The molecule has 1 atom stereocenters. The SMILES string of the molecule is CC(N)(CCC(=O)O)C1CC1. The van der Waals surface area contributed by atoms with Crippen LogP contribution in [0.5, 0.6) is 0 Å². The molecular weight excluding hydrogens is 142 g/mol. The Hall–Kier alpha value is -0.570. The second-order valence-corrected chi connectivity index (χ2v) is 3.67. The van der Waals surface area contributed by atoms with E-state index in [-0.39, 0.29) is 12.0 Å². The minimum absolute atomic E-state index is 0.198. The fourth-order valence-electron chi connectivity index (χ4n) is 1.32. The van der Waals surface area contributed by atoms with Gasteiger partial charge in [-0.3, -0.25) is 4.79 Å². The Kier molecular flexibility index (Phi) is 2.18. The van der Waals surface area contributed by atoms with E-state index in [1.165, 1.54) is 12.8 Å². The topological polar surface area (TPSA) is 63.3 Å². The second-order valence-electron chi connectivity index (χ2n) is 3.67. The average molecular weight is 157 g/mol. The van der Waals surface area contributed by atoms with Crippen molar-refractivity contribution in [1.29, 1.82) is 0 Å². The highest BCUT2D eigenvalue weighted by Gasteiger charge is 2.38. The molecule has 3 nitrogen and oxygen atoms in total. The van der Waals surface area contributed by atoms with E-state index in [0.29, 0.717) is 12.3 Å². The molecule has 0 aromatic rings. The van der Waals surface area contributed by atoms with Gasteiger partial charge >= 0.3 is 5.97 Å². The second kappa shape index (κ2) is 2.81. The number of hydrogen-bond donors (Lipinski definition) is 2. The standard InChI is InChI=1S/C8H15NO2/c1-8(9,6-2-3-6)5-4-7(10)11/h6H,2-5,9H2,1H3,(H,10,11). The molecule has 3 heteroatoms. The molecule has 0 bridgehead atoms. The van der Waals surface area contributed by atoms with Gasteiger partial charge in [0.2, 0.25) is 0 Å². The minimum atomic E-state index is -0.748. The Morgan fingerprint density at radius 2 is 2.27 bits per heavy atom. The lowest BCUT2D eigenvalue weighted by atomic mass is 9.91. The predicted molar refractivity (Wildman–Crippen MR) is 42.2 cm³/mol. The van der Waals surface area contributed by atoms with Gasteiger partial charge in [-0.2, -0.15) is 0 Å². The molecule has 1 aliphatic carbocycles. The molecule has 0 aromatic carbocycles. The van der Waals surface area contributed by atoms with Crippen LogP contribution in [0, 0.1) is 5.92 Å². The molecule has 1 unspecified atom stereocenters. The van der Waals surface area contributed by atoms with Gasteiger partial charge in [0.15, 0.2) is 0 Å². The molecule has 1 fully saturated rings. The molecule has 0 amide bonds. The summed E-state index contributed by atoms with van der Waals surface area (Å²) >= 11 is 0. The zero-order valence-corrected chi connectivity index (χ0v) is 6.84. The lowest BCUT2D eigenvalue weighted by Crippen LogP contribution is -2.38. The largest absolute Gasteiger partial charge is 0.481 e. The summed E-state index contributed by atoms with van der Waals surface area (Å²) in [5, 5.41) is 8.42. The molecule has 0 aromatic heterocycles. The Labute approximate surface area is 66.6 Å². The average Bonchev–Trinajstić information content (AvgIpc) is 2.64. The third-order valence-electron chi connectivity index (χ3n) is 2.39. The highest BCUT2D eigenvalue weighted by atomic mass is 16.4. The van der Waals surface area contributed by atoms with Gasteiger partial charge in [-0.15, -0.1) is 0 Å². The van der Waals surface area contributed by atoms with E-state index < -0.39 is 5.97 Å². The van der Waals surface area contributed by atoms with Crippen molar-refractivity contribution < 1.29 is 9.90 Å². The summed E-state index contributed by atoms with van der Waals surface area (Å²) in [5.74, 6) is -0.177. The van der Waals surface area contributed by atoms with Crippen LogP contribution in [-0.2, 0) is 4.79 Å². The van der Waals surface area contributed by atoms with Crippen molar-refractivity contribution in [1.82, 2.24) is 0 Å². The third-order valence-corrected chi connectivity index (χ3v) is 2.39. The van der Waals surface area contributed by atoms with Crippen molar-refractivity contribution in [3.63, 3.8) is 0 Å². The zero-order chi connectivity index (χ0) is 8.48. The van der Waals surface area contributed by atoms with Gasteiger partial charge in [0.05, 0.1) is 0 Å². The molecule has 3 N–H and O–H groups in total. The highest BCUT2D eigenvalue weighted by molar-refractivity contribution is 5.66. The van der Waals surface area contributed by atoms with Crippen LogP contribution in [0.25, 0.3) is 0 Å². The van der Waals surface area contributed by atoms with Gasteiger partial charge in [-0.25, -0.2) is 0 Å². The Morgan fingerprint density at radius 1 is 1.73 bits per heavy atom. The molecule has 0 saturated heterocycles. The quantitative estimate of drug-likeness (QED) is 0.639. The number of carboxylic acids is 1. The first kappa shape index (κ1) is 8.53. The number of nitrogens with two attached hydrogens (primary N) is 1. The maximum absolute atomic E-state index is 10.2. The molecule has 1 saturated carbocycles. The van der Waals surface area contributed by atoms with Crippen molar-refractivity contribution >= 4 is 5.97 Å². The van der Waals surface area contributed by atoms with E-state index in [9.17, 15) is 4.79 Å². The first-order chi connectivity index (χ1) is 5.02. The Balaban J connectivity index is 2.27. The van der Waals surface area contributed by atoms with E-state index in [4.69, 9.17) is 10.8 Å². The fourth-order valence-corrected chi connectivity index (χ4v) is 1.32. The van der Waals surface area contributed by atoms with E-state index in [2.05, 4.69) is 0 Å². The van der Waals surface area contributed by atoms with Crippen LogP contribution in [0.3, 0.4) is 0 Å². The number of carbonyl (C=O) groups is 1. The predicted octanol–water partition coefficient (Wildman–Crippen LogP) is 0.979. The lowest BCUT2D eigenvalue weighted by Gasteiger charge is -2.22. The van der Waals surface area contributed by atoms with E-state index >= 15 is 0 Å². The monoisotopic (exact) mass is 157 g/mol. The summed E-state index contributed by atoms with van der Waals surface area (Å²) in [7, 11) is 0. The molecule has 0 heterocycles. The molecule has 1 rings (SSSR count). The van der Waals surface area contributed by atoms with Crippen LogP contribution >= 0.6 is 0 Å². The summed E-state index contributed by atoms with van der Waals surface area (Å²) in [6, 6.07) is 0. The molecule has 0 radical (unpaired) electrons. The fraction of sp³-hybridized carbons (Fsp3) is 0.875. The maximum atomic E-state index is 10.2. The van der Waals surface area contributed by atoms with Gasteiger partial charge in [0.25, 0.3) is 0 Å². The first-order valence-electron chi connectivity index (χ1n) is 4.03. The summed E-state index contributed by atoms with van der Waals surface area (Å²) in [4.78, 5) is 10.2. The van der Waals surface area contributed by atoms with Crippen molar-refractivity contribution in [2.75, 3.05) is 0 Å². The number of carboxylic acid groups (broad SMARTS) is 1. The van der Waals surface area contributed by atoms with E-state index in [1.807, 2.05) is 6.92 Å². The maximum Gasteiger partial charge on any atom is 0.303 e. The van der Waals surface area contributed by atoms with Gasteiger partial charge in [0.1, 0.15) is 0 Å². The van der Waals surface area contributed by atoms with Gasteiger partial charge in [-0.1, -0.05) is 0 Å². The van der Waals surface area contributed by atoms with Gasteiger partial charge in [0, 0.05) is 12.0 Å². The summed E-state index contributed by atoms with van der Waals surface area (Å²) in [6.45, 7) is 1.95. The van der Waals surface area contributed by atoms with Crippen molar-refractivity contribution in [2.24, 2.45) is 11.7 Å². The first-order valence-corrected chi connectivity index (χ1v) is 4.03. The Bertz CT molecular complexity index is 161. The van der Waals surface area contributed by atoms with Gasteiger partial charge in [-0.05, 0) is 32.1 Å². The van der Waals surface area contributed by atoms with Crippen LogP contribution in [-0.4, -0.2) is 16.6 Å². The summed E-state index contributed by atoms with van der Waals surface area (Å²) in [5.41, 5.74) is 5.67. The van der Waals surface area contributed by atoms with Crippen molar-refractivity contribution in [3.8, 4) is 0 Å². The van der Waals surface area contributed by atoms with Crippen molar-refractivity contribution in [3.05, 3.63) is 0 Å². The van der Waals surface area contributed by atoms with Crippen molar-refractivity contribution in [2.45, 2.75) is 38.1 Å². The normalized spacial score (nSPS) is 22.7. The van der Waals surface area contributed by atoms with Crippen LogP contribution in [0.4, 0.5) is 0 Å². The smallest absolute Gasteiger partial charge is 0.303 e. The molecular formula is C8H15NO2. The van der Waals surface area contributed by atoms with Crippen LogP contribution < -0.4 is 5.73 Å². The number of aliphatic carboxylic acids is 1. The molecule has 11 heavy (non-hydrogen) atoms. The van der Waals surface area contributed by atoms with E-state index in [0.717, 1.165) is 0 Å².